The highest BCUT2D eigenvalue weighted by atomic mass is 16.5. The Balaban J connectivity index is 0.754. The van der Waals surface area contributed by atoms with E-state index < -0.39 is 11.5 Å². The Bertz CT molecular complexity index is 2730. The number of imidazole rings is 1. The highest BCUT2D eigenvalue weighted by molar-refractivity contribution is 6.09. The molecule has 0 radical (unpaired) electrons. The van der Waals surface area contributed by atoms with Gasteiger partial charge in [-0.25, -0.2) is 9.97 Å². The van der Waals surface area contributed by atoms with Gasteiger partial charge in [0.2, 0.25) is 29.5 Å². The smallest absolute Gasteiger partial charge is 0.238 e. The van der Waals surface area contributed by atoms with E-state index >= 15 is 4.79 Å². The minimum absolute atomic E-state index is 0.0563. The largest absolute Gasteiger partial charge is 0.379 e. The average Bonchev–Trinajstić information content (AvgIpc) is 3.94. The molecule has 7 aliphatic rings. The summed E-state index contributed by atoms with van der Waals surface area (Å²) in [4.78, 5) is 89.0. The Kier molecular flexibility index (Phi) is 13.8. The summed E-state index contributed by atoms with van der Waals surface area (Å²) < 4.78 is 8.21. The van der Waals surface area contributed by atoms with Crippen LogP contribution in [0, 0.1) is 11.8 Å². The first-order valence-electron chi connectivity index (χ1n) is 27.6. The zero-order valence-electron chi connectivity index (χ0n) is 43.3. The number of methoxy groups -OCH3 is 1. The quantitative estimate of drug-likeness (QED) is 0.140. The lowest BCUT2D eigenvalue weighted by Crippen LogP contribution is -2.59. The summed E-state index contributed by atoms with van der Waals surface area (Å²) in [6.45, 7) is 12.9. The third kappa shape index (κ3) is 9.18. The number of nitrogens with one attached hydrogen (secondary N) is 2. The number of carbonyl (C=O) groups is 5. The second kappa shape index (κ2) is 20.4. The number of benzene rings is 2. The minimum Gasteiger partial charge on any atom is -0.379 e. The number of hydrogen-bond acceptors (Lipinski definition) is 11. The molecule has 3 unspecified atom stereocenters. The van der Waals surface area contributed by atoms with Gasteiger partial charge in [-0.3, -0.25) is 29.3 Å². The van der Waals surface area contributed by atoms with Crippen LogP contribution in [0.25, 0.3) is 22.3 Å². The highest BCUT2D eigenvalue weighted by Crippen LogP contribution is 2.52. The molecule has 2 aromatic carbocycles. The molecule has 1 spiro atoms. The van der Waals surface area contributed by atoms with Gasteiger partial charge in [-0.15, -0.1) is 0 Å². The number of piperidine rings is 5. The maximum Gasteiger partial charge on any atom is 0.238 e. The first-order chi connectivity index (χ1) is 35.4. The summed E-state index contributed by atoms with van der Waals surface area (Å²) in [7, 11) is 1.65. The van der Waals surface area contributed by atoms with Crippen molar-refractivity contribution in [2.45, 2.75) is 140 Å². The molecule has 1 aliphatic carbocycles. The first-order valence-corrected chi connectivity index (χ1v) is 27.6. The topological polar surface area (TPSA) is 166 Å². The van der Waals surface area contributed by atoms with E-state index in [9.17, 15) is 19.2 Å². The fourth-order valence-electron chi connectivity index (χ4n) is 13.5. The van der Waals surface area contributed by atoms with Crippen molar-refractivity contribution in [3.05, 3.63) is 66.0 Å². The summed E-state index contributed by atoms with van der Waals surface area (Å²) in [6.07, 6.45) is 12.2. The van der Waals surface area contributed by atoms with E-state index in [0.29, 0.717) is 64.3 Å². The van der Waals surface area contributed by atoms with Crippen molar-refractivity contribution in [3.8, 4) is 11.3 Å². The van der Waals surface area contributed by atoms with Gasteiger partial charge in [0.15, 0.2) is 5.82 Å². The summed E-state index contributed by atoms with van der Waals surface area (Å²) in [5, 5.41) is 6.03. The fourth-order valence-corrected chi connectivity index (χ4v) is 13.5. The molecule has 8 heterocycles. The van der Waals surface area contributed by atoms with E-state index in [-0.39, 0.29) is 59.4 Å². The molecule has 0 bridgehead atoms. The summed E-state index contributed by atoms with van der Waals surface area (Å²) >= 11 is 0. The minimum atomic E-state index is -0.715. The number of rotatable bonds is 12. The second-order valence-electron chi connectivity index (χ2n) is 22.4. The fraction of sp³-hybridized carbons (Fsp3) is 0.596. The molecule has 1 saturated carbocycles. The number of amides is 5. The Morgan fingerprint density at radius 1 is 0.849 bits per heavy atom. The van der Waals surface area contributed by atoms with Crippen molar-refractivity contribution in [1.29, 1.82) is 0 Å². The number of carbonyl (C=O) groups excluding carboxylic acids is 5. The molecule has 5 amide bonds. The number of pyridine rings is 1. The molecule has 11 rings (SSSR count). The number of anilines is 3. The van der Waals surface area contributed by atoms with Crippen LogP contribution in [0.2, 0.25) is 0 Å². The van der Waals surface area contributed by atoms with Crippen LogP contribution in [0.4, 0.5) is 17.2 Å². The van der Waals surface area contributed by atoms with E-state index in [1.54, 1.807) is 7.11 Å². The lowest BCUT2D eigenvalue weighted by molar-refractivity contribution is -0.152. The molecular weight excluding hydrogens is 921 g/mol. The number of fused-ring (bicyclic) bond motifs is 3. The molecule has 6 fully saturated rings. The summed E-state index contributed by atoms with van der Waals surface area (Å²) in [5.41, 5.74) is 7.00. The van der Waals surface area contributed by atoms with Gasteiger partial charge in [-0.05, 0) is 133 Å². The molecule has 73 heavy (non-hydrogen) atoms. The number of imide groups is 1. The number of aromatic nitrogens is 3. The van der Waals surface area contributed by atoms with Crippen LogP contribution in [0.15, 0.2) is 54.9 Å². The van der Waals surface area contributed by atoms with Crippen molar-refractivity contribution < 1.29 is 28.7 Å². The van der Waals surface area contributed by atoms with Crippen LogP contribution >= 0.6 is 0 Å². The van der Waals surface area contributed by atoms with E-state index in [1.807, 2.05) is 40.4 Å². The van der Waals surface area contributed by atoms with Crippen LogP contribution < -0.4 is 20.4 Å². The average molecular weight is 995 g/mol. The second-order valence-corrected chi connectivity index (χ2v) is 22.4. The maximum absolute atomic E-state index is 15.3. The molecular formula is C57H74N10O6. The summed E-state index contributed by atoms with van der Waals surface area (Å²) in [6, 6.07) is 17.5. The van der Waals surface area contributed by atoms with E-state index in [1.165, 1.54) is 19.3 Å². The lowest BCUT2D eigenvalue weighted by atomic mass is 9.73. The summed E-state index contributed by atoms with van der Waals surface area (Å²) in [5.74, 6) is -0.0477. The van der Waals surface area contributed by atoms with Gasteiger partial charge in [0, 0.05) is 100 Å². The van der Waals surface area contributed by atoms with Gasteiger partial charge >= 0.3 is 0 Å². The third-order valence-corrected chi connectivity index (χ3v) is 17.9. The monoisotopic (exact) mass is 995 g/mol. The Morgan fingerprint density at radius 3 is 2.30 bits per heavy atom. The normalized spacial score (nSPS) is 25.9. The van der Waals surface area contributed by atoms with Crippen LogP contribution in [-0.4, -0.2) is 143 Å². The maximum atomic E-state index is 15.3. The van der Waals surface area contributed by atoms with Gasteiger partial charge < -0.3 is 39.1 Å². The van der Waals surface area contributed by atoms with Crippen LogP contribution in [-0.2, 0) is 34.1 Å². The first kappa shape index (κ1) is 49.3. The van der Waals surface area contributed by atoms with Crippen molar-refractivity contribution in [1.82, 2.24) is 34.6 Å². The highest BCUT2D eigenvalue weighted by Gasteiger charge is 2.56. The van der Waals surface area contributed by atoms with Gasteiger partial charge in [0.25, 0.3) is 0 Å². The van der Waals surface area contributed by atoms with Gasteiger partial charge in [0.1, 0.15) is 5.52 Å². The SMILES string of the molecule is CCCNc1nc(-c2ccc3c(c2)N(C2CC(N4CCCCC4)C2)C(=O)C32CCN(C(=O)C3CCN(C(=O)C4CCN(c5ccc(C6CCC(=O)NC6=O)cc5)CC4)CC3OC)CC2)cc2ncn(C(C)C)c12. The molecule has 2 aromatic heterocycles. The number of nitrogens with zero attached hydrogens (tertiary/aromatic N) is 8. The predicted octanol–water partition coefficient (Wildman–Crippen LogP) is 7.03. The van der Waals surface area contributed by atoms with Crippen molar-refractivity contribution in [3.63, 3.8) is 0 Å². The number of ether oxygens (including phenoxy) is 1. The van der Waals surface area contributed by atoms with Crippen LogP contribution in [0.1, 0.15) is 127 Å². The molecule has 16 nitrogen and oxygen atoms in total. The van der Waals surface area contributed by atoms with E-state index in [4.69, 9.17) is 14.7 Å². The molecule has 3 atom stereocenters. The van der Waals surface area contributed by atoms with Crippen molar-refractivity contribution in [2.24, 2.45) is 11.8 Å². The number of likely N-dealkylation sites (tertiary alicyclic amines) is 3. The predicted molar refractivity (Wildman–Crippen MR) is 281 cm³/mol. The van der Waals surface area contributed by atoms with E-state index in [0.717, 1.165) is 115 Å². The molecule has 4 aromatic rings. The molecule has 16 heteroatoms. The molecule has 2 N–H and O–H groups in total. The Labute approximate surface area is 429 Å². The van der Waals surface area contributed by atoms with Crippen molar-refractivity contribution >= 4 is 57.8 Å². The third-order valence-electron chi connectivity index (χ3n) is 17.9. The van der Waals surface area contributed by atoms with Crippen molar-refractivity contribution in [2.75, 3.05) is 81.1 Å². The van der Waals surface area contributed by atoms with Crippen LogP contribution in [0.5, 0.6) is 0 Å². The molecule has 388 valence electrons. The zero-order chi connectivity index (χ0) is 50.5. The number of hydrogen-bond donors (Lipinski definition) is 2. The van der Waals surface area contributed by atoms with Crippen LogP contribution in [0.3, 0.4) is 0 Å². The van der Waals surface area contributed by atoms with E-state index in [2.05, 4.69) is 74.9 Å². The Morgan fingerprint density at radius 2 is 1.60 bits per heavy atom. The van der Waals surface area contributed by atoms with Gasteiger partial charge in [0.05, 0.1) is 40.9 Å². The standard InChI is InChI=1S/C57H74N10O6/c1-5-22-58-52-51-47(59-35-66(51)36(2)3)33-46(60-52)39-11-15-45-48(30-39)67(42-31-41(32-42)62-23-7-6-8-24-62)56(72)57(45)20-28-64(29-21-57)55(71)44-19-27-65(34-49(44)73-4)54(70)38-17-25-63(26-18-38)40-12-9-37(10-13-40)43-14-16-50(68)61-53(43)69/h9-13,15,30,33,35-36,38,41-44,49H,5-8,14,16-29,31-32,34H2,1-4H3,(H,58,60)(H,61,68,69). The Hall–Kier alpha value is -5.87. The molecule has 6 aliphatic heterocycles. The molecule has 5 saturated heterocycles. The van der Waals surface area contributed by atoms with Gasteiger partial charge in [-0.2, -0.15) is 0 Å². The van der Waals surface area contributed by atoms with Gasteiger partial charge in [-0.1, -0.05) is 37.6 Å². The lowest BCUT2D eigenvalue weighted by Gasteiger charge is -2.48. The zero-order valence-corrected chi connectivity index (χ0v) is 43.3.